The molecule has 0 saturated heterocycles. The van der Waals surface area contributed by atoms with Crippen LogP contribution in [0.5, 0.6) is 0 Å². The van der Waals surface area contributed by atoms with Crippen LogP contribution in [0.4, 0.5) is 0 Å². The second-order valence-corrected chi connectivity index (χ2v) is 6.83. The highest BCUT2D eigenvalue weighted by molar-refractivity contribution is 6.14. The normalized spacial score (nSPS) is 15.4. The fourth-order valence-electron chi connectivity index (χ4n) is 2.35. The molecule has 1 amide bonds. The summed E-state index contributed by atoms with van der Waals surface area (Å²) in [4.78, 5) is 23.7. The highest BCUT2D eigenvalue weighted by Crippen LogP contribution is 2.20. The smallest absolute Gasteiger partial charge is 0.276 e. The molecule has 0 unspecified atom stereocenters. The maximum Gasteiger partial charge on any atom is 0.276 e. The van der Waals surface area contributed by atoms with Crippen LogP contribution in [-0.4, -0.2) is 28.4 Å². The lowest BCUT2D eigenvalue weighted by Gasteiger charge is -2.18. The van der Waals surface area contributed by atoms with E-state index in [9.17, 15) is 4.79 Å². The maximum absolute atomic E-state index is 12.0. The van der Waals surface area contributed by atoms with Gasteiger partial charge in [0.1, 0.15) is 11.3 Å². The molecule has 2 aromatic rings. The van der Waals surface area contributed by atoms with E-state index in [0.717, 1.165) is 29.6 Å². The van der Waals surface area contributed by atoms with E-state index in [1.165, 1.54) is 0 Å². The zero-order valence-electron chi connectivity index (χ0n) is 14.4. The number of guanidine groups is 1. The minimum Gasteiger partial charge on any atom is -0.356 e. The van der Waals surface area contributed by atoms with Crippen molar-refractivity contribution in [3.8, 4) is 0 Å². The quantitative estimate of drug-likeness (QED) is 0.711. The number of aliphatic imine (C=N–C) groups is 1. The van der Waals surface area contributed by atoms with Crippen LogP contribution in [0.1, 0.15) is 32.8 Å². The van der Waals surface area contributed by atoms with Crippen molar-refractivity contribution in [1.29, 1.82) is 0 Å². The summed E-state index contributed by atoms with van der Waals surface area (Å²) in [6.45, 7) is 7.31. The van der Waals surface area contributed by atoms with Gasteiger partial charge in [-0.1, -0.05) is 20.8 Å². The number of aromatic nitrogens is 2. The van der Waals surface area contributed by atoms with Crippen molar-refractivity contribution in [2.75, 3.05) is 6.54 Å². The van der Waals surface area contributed by atoms with Crippen LogP contribution in [0.25, 0.3) is 17.1 Å². The molecule has 0 bridgehead atoms. The van der Waals surface area contributed by atoms with Gasteiger partial charge >= 0.3 is 0 Å². The number of H-pyrrole nitrogens is 1. The van der Waals surface area contributed by atoms with Crippen molar-refractivity contribution >= 4 is 53.8 Å². The second-order valence-electron chi connectivity index (χ2n) is 6.83. The first-order valence-electron chi connectivity index (χ1n) is 7.70. The third kappa shape index (κ3) is 5.21. The van der Waals surface area contributed by atoms with E-state index in [4.69, 9.17) is 0 Å². The van der Waals surface area contributed by atoms with Crippen LogP contribution in [0.15, 0.2) is 35.2 Å². The van der Waals surface area contributed by atoms with Gasteiger partial charge in [-0.2, -0.15) is 0 Å². The molecule has 0 spiro atoms. The third-order valence-corrected chi connectivity index (χ3v) is 3.64. The number of hydrogen-bond donors (Lipinski definition) is 3. The fraction of sp³-hybridized carbons (Fsp3) is 0.353. The van der Waals surface area contributed by atoms with Crippen molar-refractivity contribution in [1.82, 2.24) is 20.6 Å². The summed E-state index contributed by atoms with van der Waals surface area (Å²) in [7, 11) is 0. The van der Waals surface area contributed by atoms with Crippen molar-refractivity contribution in [2.24, 2.45) is 10.4 Å². The van der Waals surface area contributed by atoms with Gasteiger partial charge in [0.2, 0.25) is 5.96 Å². The van der Waals surface area contributed by atoms with E-state index in [2.05, 4.69) is 46.4 Å². The van der Waals surface area contributed by atoms with Gasteiger partial charge in [-0.25, -0.2) is 9.98 Å². The molecular formula is C17H23Cl2N5O. The zero-order valence-corrected chi connectivity index (χ0v) is 16.1. The van der Waals surface area contributed by atoms with Gasteiger partial charge in [0.25, 0.3) is 5.91 Å². The predicted molar refractivity (Wildman–Crippen MR) is 106 cm³/mol. The van der Waals surface area contributed by atoms with Crippen molar-refractivity contribution < 1.29 is 4.79 Å². The largest absolute Gasteiger partial charge is 0.356 e. The molecule has 2 aromatic heterocycles. The van der Waals surface area contributed by atoms with Gasteiger partial charge in [0.15, 0.2) is 0 Å². The topological polar surface area (TPSA) is 82.2 Å². The number of rotatable bonds is 3. The van der Waals surface area contributed by atoms with Crippen LogP contribution in [0, 0.1) is 5.41 Å². The Balaban J connectivity index is 0.00000156. The number of halogens is 2. The molecule has 0 atom stereocenters. The Morgan fingerprint density at radius 1 is 1.28 bits per heavy atom. The minimum absolute atomic E-state index is 0. The molecule has 25 heavy (non-hydrogen) atoms. The first-order valence-corrected chi connectivity index (χ1v) is 7.70. The molecule has 0 fully saturated rings. The molecule has 3 heterocycles. The molecule has 1 aliphatic rings. The number of nitrogens with zero attached hydrogens (tertiary/aromatic N) is 2. The van der Waals surface area contributed by atoms with E-state index >= 15 is 0 Å². The predicted octanol–water partition coefficient (Wildman–Crippen LogP) is 3.26. The first kappa shape index (κ1) is 21.0. The summed E-state index contributed by atoms with van der Waals surface area (Å²) in [6, 6.07) is 3.83. The first-order chi connectivity index (χ1) is 10.9. The summed E-state index contributed by atoms with van der Waals surface area (Å²) in [6.07, 6.45) is 6.33. The molecule has 3 N–H and O–H groups in total. The highest BCUT2D eigenvalue weighted by Gasteiger charge is 2.20. The average molecular weight is 384 g/mol. The molecule has 0 aromatic carbocycles. The van der Waals surface area contributed by atoms with E-state index in [1.807, 2.05) is 18.3 Å². The molecule has 3 rings (SSSR count). The number of aromatic amines is 1. The van der Waals surface area contributed by atoms with Gasteiger partial charge in [-0.3, -0.25) is 10.1 Å². The molecule has 1 aliphatic heterocycles. The highest BCUT2D eigenvalue weighted by atomic mass is 35.5. The number of amides is 1. The van der Waals surface area contributed by atoms with Gasteiger partial charge in [-0.15, -0.1) is 24.8 Å². The SMILES string of the molecule is CC(C)(C)CCNC1=NC(=Cc2c[nH]c3ncccc23)C(=O)N1.Cl.Cl. The maximum atomic E-state index is 12.0. The standard InChI is InChI=1S/C17H21N5O.2ClH/c1-17(2,3)6-8-19-16-21-13(15(23)22-16)9-11-10-20-14-12(11)5-4-7-18-14;;/h4-5,7,9-10H,6,8H2,1-3H3,(H,18,20)(H2,19,21,22,23);2*1H. The van der Waals surface area contributed by atoms with Crippen LogP contribution < -0.4 is 10.6 Å². The molecule has 8 heteroatoms. The molecule has 0 aliphatic carbocycles. The summed E-state index contributed by atoms with van der Waals surface area (Å²) in [5.41, 5.74) is 2.34. The Hall–Kier alpha value is -2.05. The monoisotopic (exact) mass is 383 g/mol. The Morgan fingerprint density at radius 2 is 2.04 bits per heavy atom. The fourth-order valence-corrected chi connectivity index (χ4v) is 2.35. The summed E-state index contributed by atoms with van der Waals surface area (Å²) in [5, 5.41) is 6.90. The molecular weight excluding hydrogens is 361 g/mol. The number of hydrogen-bond acceptors (Lipinski definition) is 4. The minimum atomic E-state index is -0.193. The second kappa shape index (κ2) is 8.36. The van der Waals surface area contributed by atoms with Crippen LogP contribution in [0.2, 0.25) is 0 Å². The lowest BCUT2D eigenvalue weighted by atomic mass is 9.92. The van der Waals surface area contributed by atoms with E-state index in [0.29, 0.717) is 11.7 Å². The number of carbonyl (C=O) groups is 1. The Bertz CT molecular complexity index is 805. The van der Waals surface area contributed by atoms with Crippen LogP contribution in [-0.2, 0) is 4.79 Å². The van der Waals surface area contributed by atoms with Gasteiger partial charge < -0.3 is 10.3 Å². The summed E-state index contributed by atoms with van der Waals surface area (Å²) < 4.78 is 0. The Morgan fingerprint density at radius 3 is 2.76 bits per heavy atom. The van der Waals surface area contributed by atoms with Gasteiger partial charge in [0.05, 0.1) is 0 Å². The third-order valence-electron chi connectivity index (χ3n) is 3.64. The molecule has 136 valence electrons. The van der Waals surface area contributed by atoms with Gasteiger partial charge in [0, 0.05) is 29.9 Å². The summed E-state index contributed by atoms with van der Waals surface area (Å²) >= 11 is 0. The number of nitrogens with one attached hydrogen (secondary N) is 3. The van der Waals surface area contributed by atoms with Crippen LogP contribution in [0.3, 0.4) is 0 Å². The van der Waals surface area contributed by atoms with Crippen molar-refractivity contribution in [3.05, 3.63) is 35.8 Å². The molecule has 0 radical (unpaired) electrons. The van der Waals surface area contributed by atoms with Crippen molar-refractivity contribution in [2.45, 2.75) is 27.2 Å². The Kier molecular flexibility index (Phi) is 7.02. The lowest BCUT2D eigenvalue weighted by molar-refractivity contribution is -0.115. The number of carbonyl (C=O) groups excluding carboxylic acids is 1. The molecule has 0 saturated carbocycles. The lowest BCUT2D eigenvalue weighted by Crippen LogP contribution is -2.37. The molecule has 6 nitrogen and oxygen atoms in total. The summed E-state index contributed by atoms with van der Waals surface area (Å²) in [5.74, 6) is 0.324. The Labute approximate surface area is 159 Å². The van der Waals surface area contributed by atoms with Crippen LogP contribution >= 0.6 is 24.8 Å². The van der Waals surface area contributed by atoms with E-state index < -0.39 is 0 Å². The van der Waals surface area contributed by atoms with Gasteiger partial charge in [-0.05, 0) is 30.0 Å². The number of fused-ring (bicyclic) bond motifs is 1. The number of pyridine rings is 1. The van der Waals surface area contributed by atoms with E-state index in [-0.39, 0.29) is 36.1 Å². The average Bonchev–Trinajstić information content (AvgIpc) is 3.03. The van der Waals surface area contributed by atoms with E-state index in [1.54, 1.807) is 12.3 Å². The zero-order chi connectivity index (χ0) is 16.4. The van der Waals surface area contributed by atoms with Crippen molar-refractivity contribution in [3.63, 3.8) is 0 Å².